The predicted molar refractivity (Wildman–Crippen MR) is 137 cm³/mol. The van der Waals surface area contributed by atoms with Gasteiger partial charge in [-0.05, 0) is 53.4 Å². The summed E-state index contributed by atoms with van der Waals surface area (Å²) < 4.78 is 14.9. The second-order valence-corrected chi connectivity index (χ2v) is 9.18. The quantitative estimate of drug-likeness (QED) is 0.324. The smallest absolute Gasteiger partial charge is 0.251 e. The molecule has 9 heteroatoms. The van der Waals surface area contributed by atoms with Crippen molar-refractivity contribution in [2.75, 3.05) is 5.32 Å². The van der Waals surface area contributed by atoms with E-state index in [9.17, 15) is 14.0 Å². The maximum Gasteiger partial charge on any atom is 0.251 e. The van der Waals surface area contributed by atoms with Crippen molar-refractivity contribution in [1.29, 1.82) is 0 Å². The summed E-state index contributed by atoms with van der Waals surface area (Å²) in [5.74, 6) is -1.09. The monoisotopic (exact) mass is 499 g/mol. The molecule has 0 saturated heterocycles. The average Bonchev–Trinajstić information content (AvgIpc) is 3.56. The topological polar surface area (TPSA) is 80.1 Å². The molecule has 3 aromatic carbocycles. The average molecular weight is 500 g/mol. The minimum absolute atomic E-state index is 0.0843. The Morgan fingerprint density at radius 3 is 2.44 bits per heavy atom. The molecule has 1 atom stereocenters. The van der Waals surface area contributed by atoms with Gasteiger partial charge in [0.15, 0.2) is 0 Å². The normalized spacial score (nSPS) is 11.8. The van der Waals surface area contributed by atoms with Crippen LogP contribution in [0, 0.1) is 5.82 Å². The van der Waals surface area contributed by atoms with E-state index in [0.717, 1.165) is 10.4 Å². The largest absolute Gasteiger partial charge is 0.324 e. The van der Waals surface area contributed by atoms with Crippen LogP contribution in [-0.2, 0) is 22.7 Å². The molecule has 5 aromatic rings. The molecule has 0 aliphatic carbocycles. The highest BCUT2D eigenvalue weighted by Crippen LogP contribution is 2.27. The third-order valence-corrected chi connectivity index (χ3v) is 6.58. The highest BCUT2D eigenvalue weighted by atomic mass is 32.1. The molecule has 0 bridgehead atoms. The van der Waals surface area contributed by atoms with Crippen molar-refractivity contribution >= 4 is 39.9 Å². The van der Waals surface area contributed by atoms with Gasteiger partial charge in [-0.2, -0.15) is 0 Å². The van der Waals surface area contributed by atoms with Gasteiger partial charge in [-0.1, -0.05) is 53.7 Å². The van der Waals surface area contributed by atoms with Crippen LogP contribution in [0.4, 0.5) is 10.1 Å². The van der Waals surface area contributed by atoms with E-state index in [1.165, 1.54) is 35.6 Å². The fourth-order valence-electron chi connectivity index (χ4n) is 4.00. The molecule has 2 amide bonds. The van der Waals surface area contributed by atoms with Crippen LogP contribution >= 0.6 is 11.3 Å². The molecule has 2 heterocycles. The number of hydrogen-bond donors (Lipinski definition) is 1. The van der Waals surface area contributed by atoms with Gasteiger partial charge in [0.2, 0.25) is 5.91 Å². The highest BCUT2D eigenvalue weighted by Gasteiger charge is 2.32. The van der Waals surface area contributed by atoms with Crippen LogP contribution in [0.25, 0.3) is 11.0 Å². The maximum atomic E-state index is 13.8. The molecular formula is C27H22FN5O2S. The van der Waals surface area contributed by atoms with E-state index in [0.29, 0.717) is 16.8 Å². The standard InChI is InChI=1S/C27H22FN5O2S/c28-20-12-14-21(15-13-20)29-27(35)26(19-7-2-1-3-8-19)32(17-22-9-6-16-36-22)25(34)18-33-24-11-5-4-10-23(24)30-31-33/h1-16,26H,17-18H2,(H,29,35)/t26-/m0/s1. The number of hydrogen-bond acceptors (Lipinski definition) is 5. The summed E-state index contributed by atoms with van der Waals surface area (Å²) in [6, 6.07) is 25.0. The lowest BCUT2D eigenvalue weighted by molar-refractivity contribution is -0.140. The van der Waals surface area contributed by atoms with E-state index < -0.39 is 17.8 Å². The van der Waals surface area contributed by atoms with Gasteiger partial charge < -0.3 is 10.2 Å². The number of thiophene rings is 1. The number of carbonyl (C=O) groups excluding carboxylic acids is 2. The van der Waals surface area contributed by atoms with Crippen molar-refractivity contribution in [3.05, 3.63) is 113 Å². The van der Waals surface area contributed by atoms with E-state index in [1.54, 1.807) is 9.58 Å². The van der Waals surface area contributed by atoms with E-state index in [1.807, 2.05) is 72.1 Å². The minimum Gasteiger partial charge on any atom is -0.324 e. The molecule has 0 fully saturated rings. The zero-order valence-corrected chi connectivity index (χ0v) is 19.9. The van der Waals surface area contributed by atoms with Gasteiger partial charge in [-0.15, -0.1) is 16.4 Å². The molecule has 0 spiro atoms. The van der Waals surface area contributed by atoms with Gasteiger partial charge in [-0.25, -0.2) is 9.07 Å². The summed E-state index contributed by atoms with van der Waals surface area (Å²) in [4.78, 5) is 30.0. The number of rotatable bonds is 8. The molecule has 180 valence electrons. The van der Waals surface area contributed by atoms with Crippen LogP contribution in [0.3, 0.4) is 0 Å². The Morgan fingerprint density at radius 1 is 0.944 bits per heavy atom. The van der Waals surface area contributed by atoms with E-state index in [2.05, 4.69) is 15.6 Å². The first-order valence-electron chi connectivity index (χ1n) is 11.3. The summed E-state index contributed by atoms with van der Waals surface area (Å²) >= 11 is 1.51. The van der Waals surface area contributed by atoms with Crippen molar-refractivity contribution < 1.29 is 14.0 Å². The Balaban J connectivity index is 1.51. The molecule has 0 radical (unpaired) electrons. The number of anilines is 1. The molecule has 0 aliphatic heterocycles. The number of halogens is 1. The fourth-order valence-corrected chi connectivity index (χ4v) is 4.70. The molecule has 0 unspecified atom stereocenters. The second kappa shape index (κ2) is 10.5. The zero-order valence-electron chi connectivity index (χ0n) is 19.1. The third kappa shape index (κ3) is 5.16. The van der Waals surface area contributed by atoms with Crippen molar-refractivity contribution in [2.24, 2.45) is 0 Å². The number of benzene rings is 3. The lowest BCUT2D eigenvalue weighted by atomic mass is 10.0. The summed E-state index contributed by atoms with van der Waals surface area (Å²) in [7, 11) is 0. The number of nitrogens with one attached hydrogen (secondary N) is 1. The molecule has 0 aliphatic rings. The molecular weight excluding hydrogens is 477 g/mol. The Morgan fingerprint density at radius 2 is 1.69 bits per heavy atom. The van der Waals surface area contributed by atoms with Crippen LogP contribution in [-0.4, -0.2) is 31.7 Å². The lowest BCUT2D eigenvalue weighted by Crippen LogP contribution is -2.42. The zero-order chi connectivity index (χ0) is 24.9. The van der Waals surface area contributed by atoms with Gasteiger partial charge in [0, 0.05) is 10.6 Å². The van der Waals surface area contributed by atoms with Gasteiger partial charge in [0.1, 0.15) is 23.9 Å². The van der Waals surface area contributed by atoms with Crippen LogP contribution in [0.15, 0.2) is 96.4 Å². The summed E-state index contributed by atoms with van der Waals surface area (Å²) in [6.45, 7) is 0.151. The SMILES string of the molecule is O=C(Nc1ccc(F)cc1)[C@H](c1ccccc1)N(Cc1cccs1)C(=O)Cn1nnc2ccccc21. The van der Waals surface area contributed by atoms with Crippen molar-refractivity contribution in [3.63, 3.8) is 0 Å². The molecule has 7 nitrogen and oxygen atoms in total. The van der Waals surface area contributed by atoms with Crippen LogP contribution in [0.1, 0.15) is 16.5 Å². The number of amides is 2. The Kier molecular flexibility index (Phi) is 6.81. The predicted octanol–water partition coefficient (Wildman–Crippen LogP) is 5.04. The summed E-state index contributed by atoms with van der Waals surface area (Å²) in [6.07, 6.45) is 0. The number of carbonyl (C=O) groups is 2. The van der Waals surface area contributed by atoms with Gasteiger partial charge in [0.25, 0.3) is 5.91 Å². The highest BCUT2D eigenvalue weighted by molar-refractivity contribution is 7.09. The molecule has 36 heavy (non-hydrogen) atoms. The number of nitrogens with zero attached hydrogens (tertiary/aromatic N) is 4. The van der Waals surface area contributed by atoms with Crippen LogP contribution in [0.5, 0.6) is 0 Å². The molecule has 1 N–H and O–H groups in total. The maximum absolute atomic E-state index is 13.8. The summed E-state index contributed by atoms with van der Waals surface area (Å²) in [5.41, 5.74) is 2.51. The number of para-hydroxylation sites is 1. The summed E-state index contributed by atoms with van der Waals surface area (Å²) in [5, 5.41) is 13.1. The minimum atomic E-state index is -0.930. The van der Waals surface area contributed by atoms with Gasteiger partial charge >= 0.3 is 0 Å². The van der Waals surface area contributed by atoms with Crippen molar-refractivity contribution in [3.8, 4) is 0 Å². The van der Waals surface area contributed by atoms with E-state index >= 15 is 0 Å². The molecule has 0 saturated carbocycles. The molecule has 2 aromatic heterocycles. The van der Waals surface area contributed by atoms with Gasteiger partial charge in [-0.3, -0.25) is 9.59 Å². The van der Waals surface area contributed by atoms with Crippen molar-refractivity contribution in [1.82, 2.24) is 19.9 Å². The van der Waals surface area contributed by atoms with E-state index in [4.69, 9.17) is 0 Å². The second-order valence-electron chi connectivity index (χ2n) is 8.15. The Hall–Kier alpha value is -4.37. The first kappa shape index (κ1) is 23.4. The molecule has 5 rings (SSSR count). The van der Waals surface area contributed by atoms with Crippen molar-refractivity contribution in [2.45, 2.75) is 19.1 Å². The first-order chi connectivity index (χ1) is 17.6. The lowest BCUT2D eigenvalue weighted by Gasteiger charge is -2.31. The Bertz CT molecular complexity index is 1470. The van der Waals surface area contributed by atoms with Crippen LogP contribution < -0.4 is 5.32 Å². The fraction of sp³-hybridized carbons (Fsp3) is 0.111. The first-order valence-corrected chi connectivity index (χ1v) is 12.2. The Labute approximate surface area is 210 Å². The number of fused-ring (bicyclic) bond motifs is 1. The van der Waals surface area contributed by atoms with E-state index in [-0.39, 0.29) is 19.0 Å². The van der Waals surface area contributed by atoms with Crippen LogP contribution in [0.2, 0.25) is 0 Å². The third-order valence-electron chi connectivity index (χ3n) is 5.72. The van der Waals surface area contributed by atoms with Gasteiger partial charge in [0.05, 0.1) is 12.1 Å². The number of aromatic nitrogens is 3.